The van der Waals surface area contributed by atoms with Crippen LogP contribution < -0.4 is 23.8 Å². The molecular formula is C27H29ClN2O6S. The Morgan fingerprint density at radius 1 is 1.14 bits per heavy atom. The SMILES string of the molecule is COc1ccc(S(=O)(=O)N2C[C@@H](C(=O)NCCOc3ccccc3C(C)C)Oc3ccc(Cl)cc32)cc1. The van der Waals surface area contributed by atoms with Crippen LogP contribution >= 0.6 is 11.6 Å². The Labute approximate surface area is 222 Å². The van der Waals surface area contributed by atoms with Gasteiger partial charge in [-0.3, -0.25) is 9.10 Å². The maximum Gasteiger partial charge on any atom is 0.264 e. The summed E-state index contributed by atoms with van der Waals surface area (Å²) in [5.74, 6) is 1.39. The highest BCUT2D eigenvalue weighted by atomic mass is 35.5. The van der Waals surface area contributed by atoms with Crippen LogP contribution in [0.25, 0.3) is 0 Å². The fourth-order valence-electron chi connectivity index (χ4n) is 4.00. The van der Waals surface area contributed by atoms with Crippen molar-refractivity contribution in [3.63, 3.8) is 0 Å². The molecule has 0 fully saturated rings. The first-order valence-electron chi connectivity index (χ1n) is 11.8. The maximum atomic E-state index is 13.6. The Hall–Kier alpha value is -3.43. The molecule has 0 unspecified atom stereocenters. The average molecular weight is 545 g/mol. The van der Waals surface area contributed by atoms with E-state index >= 15 is 0 Å². The predicted molar refractivity (Wildman–Crippen MR) is 142 cm³/mol. The van der Waals surface area contributed by atoms with Crippen LogP contribution in [0.1, 0.15) is 25.3 Å². The van der Waals surface area contributed by atoms with Crippen LogP contribution in [-0.2, 0) is 14.8 Å². The van der Waals surface area contributed by atoms with E-state index in [1.165, 1.54) is 25.3 Å². The van der Waals surface area contributed by atoms with Crippen molar-refractivity contribution < 1.29 is 27.4 Å². The van der Waals surface area contributed by atoms with Crippen molar-refractivity contribution in [1.29, 1.82) is 0 Å². The lowest BCUT2D eigenvalue weighted by Gasteiger charge is -2.34. The van der Waals surface area contributed by atoms with Gasteiger partial charge in [0.15, 0.2) is 6.10 Å². The first kappa shape index (κ1) is 26.6. The number of methoxy groups -OCH3 is 1. The third-order valence-corrected chi connectivity index (χ3v) is 7.96. The highest BCUT2D eigenvalue weighted by Crippen LogP contribution is 2.39. The summed E-state index contributed by atoms with van der Waals surface area (Å²) in [7, 11) is -2.52. The van der Waals surface area contributed by atoms with Crippen LogP contribution in [-0.4, -0.2) is 47.2 Å². The van der Waals surface area contributed by atoms with E-state index < -0.39 is 22.0 Å². The van der Waals surface area contributed by atoms with Crippen molar-refractivity contribution >= 4 is 33.2 Å². The van der Waals surface area contributed by atoms with Gasteiger partial charge in [-0.15, -0.1) is 0 Å². The van der Waals surface area contributed by atoms with Crippen LogP contribution in [0.4, 0.5) is 5.69 Å². The van der Waals surface area contributed by atoms with Crippen molar-refractivity contribution in [1.82, 2.24) is 5.32 Å². The van der Waals surface area contributed by atoms with Crippen LogP contribution in [0, 0.1) is 0 Å². The van der Waals surface area contributed by atoms with Crippen LogP contribution in [0.5, 0.6) is 17.2 Å². The second kappa shape index (κ2) is 11.3. The summed E-state index contributed by atoms with van der Waals surface area (Å²) in [4.78, 5) is 13.1. The van der Waals surface area contributed by atoms with Crippen LogP contribution in [0.3, 0.4) is 0 Å². The van der Waals surface area contributed by atoms with Gasteiger partial charge >= 0.3 is 0 Å². The zero-order valence-electron chi connectivity index (χ0n) is 20.8. The molecule has 0 saturated carbocycles. The van der Waals surface area contributed by atoms with Gasteiger partial charge in [-0.25, -0.2) is 8.42 Å². The van der Waals surface area contributed by atoms with Crippen LogP contribution in [0.2, 0.25) is 5.02 Å². The molecule has 1 heterocycles. The molecule has 0 bridgehead atoms. The van der Waals surface area contributed by atoms with E-state index in [0.717, 1.165) is 15.6 Å². The van der Waals surface area contributed by atoms with E-state index in [1.54, 1.807) is 24.3 Å². The quantitative estimate of drug-likeness (QED) is 0.395. The Bertz CT molecular complexity index is 1360. The Morgan fingerprint density at radius 2 is 1.86 bits per heavy atom. The van der Waals surface area contributed by atoms with Gasteiger partial charge in [-0.1, -0.05) is 43.6 Å². The van der Waals surface area contributed by atoms with E-state index in [0.29, 0.717) is 16.7 Å². The number of hydrogen-bond acceptors (Lipinski definition) is 6. The fraction of sp³-hybridized carbons (Fsp3) is 0.296. The number of amides is 1. The summed E-state index contributed by atoms with van der Waals surface area (Å²) >= 11 is 6.16. The van der Waals surface area contributed by atoms with E-state index in [1.807, 2.05) is 24.3 Å². The summed E-state index contributed by atoms with van der Waals surface area (Å²) < 4.78 is 45.2. The predicted octanol–water partition coefficient (Wildman–Crippen LogP) is 4.62. The molecule has 0 aromatic heterocycles. The lowest BCUT2D eigenvalue weighted by Crippen LogP contribution is -2.51. The second-order valence-electron chi connectivity index (χ2n) is 8.76. The zero-order valence-corrected chi connectivity index (χ0v) is 22.4. The summed E-state index contributed by atoms with van der Waals surface area (Å²) in [5.41, 5.74) is 1.35. The standard InChI is InChI=1S/C27H29ClN2O6S/c1-18(2)22-6-4-5-7-24(22)35-15-14-29-27(31)26-17-30(23-16-19(28)8-13-25(23)36-26)37(32,33)21-11-9-20(34-3)10-12-21/h4-13,16,18,26H,14-15,17H2,1-3H3,(H,29,31)/t26-/m0/s1. The molecule has 1 aliphatic rings. The molecule has 0 saturated heterocycles. The number of rotatable bonds is 9. The van der Waals surface area contributed by atoms with Gasteiger partial charge < -0.3 is 19.5 Å². The lowest BCUT2D eigenvalue weighted by atomic mass is 10.0. The third kappa shape index (κ3) is 5.94. The molecule has 3 aromatic carbocycles. The molecule has 196 valence electrons. The number of para-hydroxylation sites is 1. The molecule has 0 aliphatic carbocycles. The summed E-state index contributed by atoms with van der Waals surface area (Å²) in [6.07, 6.45) is -1.07. The number of anilines is 1. The van der Waals surface area contributed by atoms with Crippen molar-refractivity contribution in [2.45, 2.75) is 30.8 Å². The number of halogens is 1. The van der Waals surface area contributed by atoms with Crippen molar-refractivity contribution in [3.8, 4) is 17.2 Å². The van der Waals surface area contributed by atoms with Gasteiger partial charge in [0.05, 0.1) is 30.8 Å². The Morgan fingerprint density at radius 3 is 2.57 bits per heavy atom. The average Bonchev–Trinajstić information content (AvgIpc) is 2.90. The Kier molecular flexibility index (Phi) is 8.14. The van der Waals surface area contributed by atoms with Crippen molar-refractivity contribution in [2.24, 2.45) is 0 Å². The highest BCUT2D eigenvalue weighted by molar-refractivity contribution is 7.92. The first-order chi connectivity index (χ1) is 17.7. The number of ether oxygens (including phenoxy) is 3. The number of benzene rings is 3. The zero-order chi connectivity index (χ0) is 26.6. The summed E-state index contributed by atoms with van der Waals surface area (Å²) in [6, 6.07) is 18.4. The number of carbonyl (C=O) groups is 1. The highest BCUT2D eigenvalue weighted by Gasteiger charge is 2.37. The molecule has 0 spiro atoms. The first-order valence-corrected chi connectivity index (χ1v) is 13.6. The number of carbonyl (C=O) groups excluding carboxylic acids is 1. The third-order valence-electron chi connectivity index (χ3n) is 5.93. The molecular weight excluding hydrogens is 516 g/mol. The van der Waals surface area contributed by atoms with E-state index in [2.05, 4.69) is 19.2 Å². The van der Waals surface area contributed by atoms with Crippen molar-refractivity contribution in [3.05, 3.63) is 77.3 Å². The van der Waals surface area contributed by atoms with Crippen molar-refractivity contribution in [2.75, 3.05) is 31.1 Å². The van der Waals surface area contributed by atoms with Gasteiger partial charge in [0.2, 0.25) is 0 Å². The van der Waals surface area contributed by atoms with Crippen LogP contribution in [0.15, 0.2) is 71.6 Å². The molecule has 1 atom stereocenters. The molecule has 3 aromatic rings. The maximum absolute atomic E-state index is 13.6. The Balaban J connectivity index is 1.48. The number of nitrogens with zero attached hydrogens (tertiary/aromatic N) is 1. The second-order valence-corrected chi connectivity index (χ2v) is 11.1. The number of sulfonamides is 1. The molecule has 10 heteroatoms. The van der Waals surface area contributed by atoms with E-state index in [-0.39, 0.29) is 36.0 Å². The minimum atomic E-state index is -4.02. The normalized spacial score (nSPS) is 15.1. The minimum absolute atomic E-state index is 0.0532. The number of fused-ring (bicyclic) bond motifs is 1. The van der Waals surface area contributed by atoms with Gasteiger partial charge in [0, 0.05) is 5.02 Å². The van der Waals surface area contributed by atoms with E-state index in [9.17, 15) is 13.2 Å². The summed E-state index contributed by atoms with van der Waals surface area (Å²) in [6.45, 7) is 4.43. The topological polar surface area (TPSA) is 94.2 Å². The lowest BCUT2D eigenvalue weighted by molar-refractivity contribution is -0.127. The van der Waals surface area contributed by atoms with Gasteiger partial charge in [0.25, 0.3) is 15.9 Å². The number of hydrogen-bond donors (Lipinski definition) is 1. The fourth-order valence-corrected chi connectivity index (χ4v) is 5.64. The monoisotopic (exact) mass is 544 g/mol. The molecule has 8 nitrogen and oxygen atoms in total. The molecule has 4 rings (SSSR count). The largest absolute Gasteiger partial charge is 0.497 e. The van der Waals surface area contributed by atoms with Gasteiger partial charge in [0.1, 0.15) is 23.9 Å². The van der Waals surface area contributed by atoms with Gasteiger partial charge in [-0.05, 0) is 60.0 Å². The molecule has 0 radical (unpaired) electrons. The van der Waals surface area contributed by atoms with Gasteiger partial charge in [-0.2, -0.15) is 0 Å². The number of nitrogens with one attached hydrogen (secondary N) is 1. The summed E-state index contributed by atoms with van der Waals surface area (Å²) in [5, 5.41) is 3.13. The minimum Gasteiger partial charge on any atom is -0.497 e. The van der Waals surface area contributed by atoms with E-state index in [4.69, 9.17) is 25.8 Å². The molecule has 37 heavy (non-hydrogen) atoms. The molecule has 1 N–H and O–H groups in total. The molecule has 1 aliphatic heterocycles. The molecule has 1 amide bonds. The smallest absolute Gasteiger partial charge is 0.264 e.